The molecule has 0 bridgehead atoms. The molecule has 0 spiro atoms. The third-order valence-electron chi connectivity index (χ3n) is 4.41. The predicted octanol–water partition coefficient (Wildman–Crippen LogP) is 3.22. The van der Waals surface area contributed by atoms with Gasteiger partial charge in [-0.05, 0) is 38.1 Å². The Bertz CT molecular complexity index is 744. The van der Waals surface area contributed by atoms with Crippen molar-refractivity contribution in [1.82, 2.24) is 9.88 Å². The van der Waals surface area contributed by atoms with E-state index in [9.17, 15) is 13.2 Å². The molecule has 3 rings (SSSR count). The lowest BCUT2D eigenvalue weighted by Crippen LogP contribution is -2.42. The second kappa shape index (κ2) is 7.77. The summed E-state index contributed by atoms with van der Waals surface area (Å²) < 4.78 is 50.0. The number of rotatable bonds is 5. The van der Waals surface area contributed by atoms with E-state index in [2.05, 4.69) is 9.88 Å². The number of ether oxygens (including phenoxy) is 1. The Hall–Kier alpha value is -1.90. The van der Waals surface area contributed by atoms with Crippen molar-refractivity contribution in [2.45, 2.75) is 32.2 Å². The van der Waals surface area contributed by atoms with Crippen LogP contribution in [0, 0.1) is 6.92 Å². The number of hydrogen-bond donors (Lipinski definition) is 1. The molecule has 0 unspecified atom stereocenters. The largest absolute Gasteiger partial charge is 0.441 e. The number of hydrogen-bond acceptors (Lipinski definition) is 5. The molecule has 5 nitrogen and oxygen atoms in total. The minimum Gasteiger partial charge on any atom is -0.441 e. The molecule has 1 fully saturated rings. The van der Waals surface area contributed by atoms with Crippen LogP contribution in [0.5, 0.6) is 0 Å². The SMILES string of the molecule is Cc1oc(-c2cccc(C(F)(F)F)c2)nc1CN1CCO[C@H](CCN)C1. The van der Waals surface area contributed by atoms with Crippen molar-refractivity contribution < 1.29 is 22.3 Å². The van der Waals surface area contributed by atoms with Gasteiger partial charge in [-0.3, -0.25) is 4.90 Å². The van der Waals surface area contributed by atoms with Crippen LogP contribution in [-0.4, -0.2) is 42.2 Å². The number of morpholine rings is 1. The summed E-state index contributed by atoms with van der Waals surface area (Å²) in [6.07, 6.45) is -3.50. The van der Waals surface area contributed by atoms with Crippen LogP contribution >= 0.6 is 0 Å². The Morgan fingerprint density at radius 1 is 1.35 bits per heavy atom. The van der Waals surface area contributed by atoms with E-state index in [-0.39, 0.29) is 12.0 Å². The first-order chi connectivity index (χ1) is 12.4. The molecule has 1 saturated heterocycles. The Morgan fingerprint density at radius 3 is 2.88 bits per heavy atom. The zero-order valence-electron chi connectivity index (χ0n) is 14.6. The summed E-state index contributed by atoms with van der Waals surface area (Å²) in [5.41, 5.74) is 5.91. The highest BCUT2D eigenvalue weighted by molar-refractivity contribution is 5.55. The molecular weight excluding hydrogens is 347 g/mol. The van der Waals surface area contributed by atoms with E-state index in [0.29, 0.717) is 31.0 Å². The number of aryl methyl sites for hydroxylation is 1. The van der Waals surface area contributed by atoms with Crippen LogP contribution in [0.25, 0.3) is 11.5 Å². The molecule has 142 valence electrons. The maximum absolute atomic E-state index is 12.9. The smallest absolute Gasteiger partial charge is 0.416 e. The third kappa shape index (κ3) is 4.44. The van der Waals surface area contributed by atoms with Crippen LogP contribution in [0.3, 0.4) is 0 Å². The van der Waals surface area contributed by atoms with Crippen LogP contribution in [0.4, 0.5) is 13.2 Å². The normalized spacial score (nSPS) is 19.0. The lowest BCUT2D eigenvalue weighted by atomic mass is 10.1. The van der Waals surface area contributed by atoms with E-state index in [1.807, 2.05) is 0 Å². The van der Waals surface area contributed by atoms with Crippen molar-refractivity contribution in [3.05, 3.63) is 41.3 Å². The van der Waals surface area contributed by atoms with E-state index >= 15 is 0 Å². The summed E-state index contributed by atoms with van der Waals surface area (Å²) >= 11 is 0. The van der Waals surface area contributed by atoms with Crippen molar-refractivity contribution in [3.8, 4) is 11.5 Å². The average molecular weight is 369 g/mol. The van der Waals surface area contributed by atoms with Crippen molar-refractivity contribution in [1.29, 1.82) is 0 Å². The Labute approximate surface area is 149 Å². The maximum atomic E-state index is 12.9. The Morgan fingerprint density at radius 2 is 2.15 bits per heavy atom. The van der Waals surface area contributed by atoms with Gasteiger partial charge in [-0.2, -0.15) is 13.2 Å². The van der Waals surface area contributed by atoms with Gasteiger partial charge in [0.1, 0.15) is 5.76 Å². The van der Waals surface area contributed by atoms with Gasteiger partial charge in [0.05, 0.1) is 24.0 Å². The molecule has 1 aliphatic rings. The molecule has 2 aromatic rings. The highest BCUT2D eigenvalue weighted by Crippen LogP contribution is 2.32. The maximum Gasteiger partial charge on any atom is 0.416 e. The number of nitrogens with two attached hydrogens (primary N) is 1. The molecule has 1 aliphatic heterocycles. The van der Waals surface area contributed by atoms with E-state index in [1.165, 1.54) is 6.07 Å². The van der Waals surface area contributed by atoms with Crippen LogP contribution in [0.15, 0.2) is 28.7 Å². The van der Waals surface area contributed by atoms with Gasteiger partial charge in [0.2, 0.25) is 5.89 Å². The third-order valence-corrected chi connectivity index (χ3v) is 4.41. The summed E-state index contributed by atoms with van der Waals surface area (Å²) in [5, 5.41) is 0. The molecule has 8 heteroatoms. The topological polar surface area (TPSA) is 64.5 Å². The number of nitrogens with zero attached hydrogens (tertiary/aromatic N) is 2. The van der Waals surface area contributed by atoms with E-state index in [0.717, 1.165) is 37.3 Å². The number of oxazole rings is 1. The van der Waals surface area contributed by atoms with Gasteiger partial charge in [0.15, 0.2) is 0 Å². The van der Waals surface area contributed by atoms with Gasteiger partial charge >= 0.3 is 6.18 Å². The molecular formula is C18H22F3N3O2. The molecule has 0 radical (unpaired) electrons. The summed E-state index contributed by atoms with van der Waals surface area (Å²) in [6.45, 7) is 5.06. The molecule has 2 heterocycles. The summed E-state index contributed by atoms with van der Waals surface area (Å²) in [6, 6.07) is 5.01. The standard InChI is InChI=1S/C18H22F3N3O2/c1-12-16(11-24-7-8-25-15(10-24)5-6-22)23-17(26-12)13-3-2-4-14(9-13)18(19,20)21/h2-4,9,15H,5-8,10-11,22H2,1H3/t15-/m1/s1. The molecule has 1 atom stereocenters. The molecule has 1 aromatic heterocycles. The molecule has 0 amide bonds. The van der Waals surface area contributed by atoms with Gasteiger partial charge in [0.25, 0.3) is 0 Å². The highest BCUT2D eigenvalue weighted by Gasteiger charge is 2.31. The van der Waals surface area contributed by atoms with Crippen LogP contribution in [0.2, 0.25) is 0 Å². The fourth-order valence-corrected chi connectivity index (χ4v) is 3.02. The minimum atomic E-state index is -4.40. The lowest BCUT2D eigenvalue weighted by molar-refractivity contribution is -0.137. The summed E-state index contributed by atoms with van der Waals surface area (Å²) in [7, 11) is 0. The highest BCUT2D eigenvalue weighted by atomic mass is 19.4. The second-order valence-electron chi connectivity index (χ2n) is 6.41. The van der Waals surface area contributed by atoms with Crippen molar-refractivity contribution in [2.24, 2.45) is 5.73 Å². The summed E-state index contributed by atoms with van der Waals surface area (Å²) in [5.74, 6) is 0.814. The van der Waals surface area contributed by atoms with E-state index in [4.69, 9.17) is 14.9 Å². The van der Waals surface area contributed by atoms with Gasteiger partial charge < -0.3 is 14.9 Å². The summed E-state index contributed by atoms with van der Waals surface area (Å²) in [4.78, 5) is 6.63. The lowest BCUT2D eigenvalue weighted by Gasteiger charge is -2.32. The predicted molar refractivity (Wildman–Crippen MR) is 90.4 cm³/mol. The average Bonchev–Trinajstić information content (AvgIpc) is 2.96. The zero-order valence-corrected chi connectivity index (χ0v) is 14.6. The number of aromatic nitrogens is 1. The van der Waals surface area contributed by atoms with Gasteiger partial charge in [0, 0.05) is 25.2 Å². The zero-order chi connectivity index (χ0) is 18.7. The second-order valence-corrected chi connectivity index (χ2v) is 6.41. The van der Waals surface area contributed by atoms with E-state index in [1.54, 1.807) is 13.0 Å². The Balaban J connectivity index is 1.75. The molecule has 1 aromatic carbocycles. The molecule has 26 heavy (non-hydrogen) atoms. The first-order valence-electron chi connectivity index (χ1n) is 8.55. The number of benzene rings is 1. The monoisotopic (exact) mass is 369 g/mol. The van der Waals surface area contributed by atoms with Gasteiger partial charge in [-0.1, -0.05) is 6.07 Å². The number of halogens is 3. The van der Waals surface area contributed by atoms with Crippen LogP contribution in [0.1, 0.15) is 23.4 Å². The number of alkyl halides is 3. The molecule has 0 aliphatic carbocycles. The molecule has 2 N–H and O–H groups in total. The van der Waals surface area contributed by atoms with Crippen LogP contribution in [-0.2, 0) is 17.5 Å². The fraction of sp³-hybridized carbons (Fsp3) is 0.500. The van der Waals surface area contributed by atoms with Crippen molar-refractivity contribution >= 4 is 0 Å². The van der Waals surface area contributed by atoms with E-state index < -0.39 is 11.7 Å². The Kier molecular flexibility index (Phi) is 5.64. The van der Waals surface area contributed by atoms with Crippen LogP contribution < -0.4 is 5.73 Å². The first-order valence-corrected chi connectivity index (χ1v) is 8.55. The van der Waals surface area contributed by atoms with Gasteiger partial charge in [-0.15, -0.1) is 0 Å². The van der Waals surface area contributed by atoms with Crippen molar-refractivity contribution in [3.63, 3.8) is 0 Å². The van der Waals surface area contributed by atoms with Crippen molar-refractivity contribution in [2.75, 3.05) is 26.2 Å². The fourth-order valence-electron chi connectivity index (χ4n) is 3.02. The quantitative estimate of drug-likeness (QED) is 0.877. The minimum absolute atomic E-state index is 0.101. The van der Waals surface area contributed by atoms with Gasteiger partial charge in [-0.25, -0.2) is 4.98 Å². The molecule has 0 saturated carbocycles. The first kappa shape index (κ1) is 18.9.